The summed E-state index contributed by atoms with van der Waals surface area (Å²) in [6.07, 6.45) is 0.611. The number of hydrogen-bond donors (Lipinski definition) is 1. The van der Waals surface area contributed by atoms with Crippen LogP contribution in [0.15, 0.2) is 24.3 Å². The van der Waals surface area contributed by atoms with Crippen LogP contribution in [-0.2, 0) is 42.9 Å². The maximum atomic E-state index is 11.9. The van der Waals surface area contributed by atoms with Gasteiger partial charge in [0, 0.05) is 33.7 Å². The highest BCUT2D eigenvalue weighted by molar-refractivity contribution is 5.83. The zero-order valence-electron chi connectivity index (χ0n) is 22.0. The minimum absolute atomic E-state index is 0.170. The highest BCUT2D eigenvalue weighted by atomic mass is 16.7. The molecule has 0 aliphatic carbocycles. The minimum Gasteiger partial charge on any atom is -0.463 e. The molecule has 3 heterocycles. The molecule has 0 spiro atoms. The van der Waals surface area contributed by atoms with Crippen LogP contribution in [0.5, 0.6) is 0 Å². The lowest BCUT2D eigenvalue weighted by molar-refractivity contribution is -0.166. The Labute approximate surface area is 218 Å². The van der Waals surface area contributed by atoms with Crippen molar-refractivity contribution in [2.75, 3.05) is 18.5 Å². The molecule has 0 amide bonds. The highest BCUT2D eigenvalue weighted by Crippen LogP contribution is 2.36. The summed E-state index contributed by atoms with van der Waals surface area (Å²) in [5.74, 6) is -1.74. The summed E-state index contributed by atoms with van der Waals surface area (Å²) in [4.78, 5) is 59.2. The molecule has 0 saturated carbocycles. The average Bonchev–Trinajstić information content (AvgIpc) is 3.38. The fourth-order valence-corrected chi connectivity index (χ4v) is 4.01. The number of carbonyl (C=O) groups excluding carboxylic acids is 4. The molecule has 2 aromatic heterocycles. The van der Waals surface area contributed by atoms with Gasteiger partial charge < -0.3 is 29.0 Å². The molecule has 1 aliphatic heterocycles. The molecule has 206 valence electrons. The molecule has 0 bridgehead atoms. The number of fused-ring (bicyclic) bond motifs is 1. The number of nitrogens with zero attached hydrogens (tertiary/aromatic N) is 4. The van der Waals surface area contributed by atoms with Crippen LogP contribution in [0, 0.1) is 0 Å². The maximum absolute atomic E-state index is 11.9. The number of carbonyl (C=O) groups is 4. The van der Waals surface area contributed by atoms with Crippen LogP contribution in [0.1, 0.15) is 47.8 Å². The van der Waals surface area contributed by atoms with Crippen LogP contribution in [0.4, 0.5) is 5.82 Å². The summed E-state index contributed by atoms with van der Waals surface area (Å²) in [5, 5.41) is 3.23. The van der Waals surface area contributed by atoms with Crippen LogP contribution >= 0.6 is 0 Å². The highest BCUT2D eigenvalue weighted by Gasteiger charge is 2.51. The normalized spacial score (nSPS) is 22.0. The van der Waals surface area contributed by atoms with Crippen molar-refractivity contribution in [2.45, 2.75) is 72.1 Å². The third kappa shape index (κ3) is 7.25. The lowest BCUT2D eigenvalue weighted by atomic mass is 10.1. The fraction of sp³-hybridized carbons (Fsp3) is 0.542. The summed E-state index contributed by atoms with van der Waals surface area (Å²) >= 11 is 0. The Morgan fingerprint density at radius 2 is 1.63 bits per heavy atom. The van der Waals surface area contributed by atoms with Crippen molar-refractivity contribution in [1.29, 1.82) is 0 Å². The first-order valence-electron chi connectivity index (χ1n) is 11.8. The van der Waals surface area contributed by atoms with E-state index in [2.05, 4.69) is 20.3 Å². The molecule has 0 unspecified atom stereocenters. The third-order valence-corrected chi connectivity index (χ3v) is 5.38. The number of rotatable bonds is 10. The van der Waals surface area contributed by atoms with Gasteiger partial charge in [-0.3, -0.25) is 23.7 Å². The summed E-state index contributed by atoms with van der Waals surface area (Å²) in [6, 6.07) is -0.202. The Kier molecular flexibility index (Phi) is 9.34. The number of aromatic nitrogens is 4. The van der Waals surface area contributed by atoms with Gasteiger partial charge in [-0.2, -0.15) is 0 Å². The lowest BCUT2D eigenvalue weighted by Crippen LogP contribution is -2.40. The Morgan fingerprint density at radius 3 is 2.26 bits per heavy atom. The molecule has 1 saturated heterocycles. The number of ether oxygens (including phenoxy) is 5. The van der Waals surface area contributed by atoms with E-state index in [1.165, 1.54) is 44.9 Å². The smallest absolute Gasteiger partial charge is 0.303 e. The van der Waals surface area contributed by atoms with Crippen molar-refractivity contribution in [3.8, 4) is 0 Å². The number of nitrogens with one attached hydrogen (secondary N) is 1. The molecular formula is C24H31N5O9. The minimum atomic E-state index is -1.08. The molecule has 3 rings (SSSR count). The van der Waals surface area contributed by atoms with Crippen LogP contribution in [0.2, 0.25) is 0 Å². The van der Waals surface area contributed by atoms with Crippen LogP contribution in [-0.4, -0.2) is 81.0 Å². The molecule has 0 radical (unpaired) electrons. The number of esters is 4. The Hall–Kier alpha value is -4.07. The second-order valence-electron chi connectivity index (χ2n) is 8.79. The van der Waals surface area contributed by atoms with Gasteiger partial charge in [-0.1, -0.05) is 6.08 Å². The fourth-order valence-electron chi connectivity index (χ4n) is 4.01. The van der Waals surface area contributed by atoms with Gasteiger partial charge in [-0.25, -0.2) is 15.0 Å². The monoisotopic (exact) mass is 533 g/mol. The Morgan fingerprint density at radius 1 is 0.974 bits per heavy atom. The Bertz CT molecular complexity index is 1230. The van der Waals surface area contributed by atoms with Crippen LogP contribution < -0.4 is 5.32 Å². The van der Waals surface area contributed by atoms with Crippen molar-refractivity contribution in [2.24, 2.45) is 0 Å². The van der Waals surface area contributed by atoms with Crippen molar-refractivity contribution in [1.82, 2.24) is 19.5 Å². The topological polar surface area (TPSA) is 170 Å². The van der Waals surface area contributed by atoms with E-state index < -0.39 is 42.4 Å². The number of hydrogen-bond acceptors (Lipinski definition) is 13. The second-order valence-corrected chi connectivity index (χ2v) is 8.79. The largest absolute Gasteiger partial charge is 0.463 e. The van der Waals surface area contributed by atoms with Gasteiger partial charge in [0.25, 0.3) is 0 Å². The van der Waals surface area contributed by atoms with Gasteiger partial charge in [-0.05, 0) is 19.4 Å². The quantitative estimate of drug-likeness (QED) is 0.265. The summed E-state index contributed by atoms with van der Waals surface area (Å²) in [7, 11) is 0. The van der Waals surface area contributed by atoms with Crippen LogP contribution in [0.25, 0.3) is 11.2 Å². The van der Waals surface area contributed by atoms with E-state index in [0.717, 1.165) is 5.57 Å². The predicted octanol–water partition coefficient (Wildman–Crippen LogP) is 1.46. The van der Waals surface area contributed by atoms with Crippen molar-refractivity contribution in [3.05, 3.63) is 24.3 Å². The molecule has 1 fully saturated rings. The van der Waals surface area contributed by atoms with Crippen LogP contribution in [0.3, 0.4) is 0 Å². The number of anilines is 1. The van der Waals surface area contributed by atoms with Crippen molar-refractivity contribution < 1.29 is 42.9 Å². The molecule has 0 aromatic carbocycles. The average molecular weight is 534 g/mol. The van der Waals surface area contributed by atoms with E-state index in [-0.39, 0.29) is 25.2 Å². The summed E-state index contributed by atoms with van der Waals surface area (Å²) in [5.41, 5.74) is 1.60. The maximum Gasteiger partial charge on any atom is 0.303 e. The predicted molar refractivity (Wildman–Crippen MR) is 130 cm³/mol. The molecule has 2 aromatic rings. The molecular weight excluding hydrogens is 502 g/mol. The van der Waals surface area contributed by atoms with Gasteiger partial charge in [0.05, 0.1) is 6.33 Å². The molecule has 14 heteroatoms. The summed E-state index contributed by atoms with van der Waals surface area (Å²) in [6.45, 7) is 8.68. The molecule has 5 atom stereocenters. The first-order chi connectivity index (χ1) is 18.0. The standard InChI is InChI=1S/C24H31N5O9/c1-12(8-34-14(3)30)7-13(2)28-22-19-23(26-10-25-22)29(11-27-19)24-21(37-17(6)33)20(36-16(5)32)18(38-24)9-35-15(4)31/h7,10-11,13,18,20-21,24H,8-9H2,1-6H3,(H,25,26,28)/b12-7+/t13-,18+,20+,21+,24+/m0/s1. The number of imidazole rings is 1. The summed E-state index contributed by atoms with van der Waals surface area (Å²) < 4.78 is 28.6. The van der Waals surface area contributed by atoms with E-state index in [4.69, 9.17) is 23.7 Å². The van der Waals surface area contributed by atoms with Gasteiger partial charge in [0.1, 0.15) is 25.6 Å². The first kappa shape index (κ1) is 28.5. The lowest BCUT2D eigenvalue weighted by Gasteiger charge is -2.23. The van der Waals surface area contributed by atoms with E-state index >= 15 is 0 Å². The van der Waals surface area contributed by atoms with E-state index in [1.807, 2.05) is 19.9 Å². The van der Waals surface area contributed by atoms with Gasteiger partial charge in [0.2, 0.25) is 0 Å². The zero-order chi connectivity index (χ0) is 28.0. The molecule has 1 N–H and O–H groups in total. The molecule has 1 aliphatic rings. The van der Waals surface area contributed by atoms with Crippen molar-refractivity contribution in [3.63, 3.8) is 0 Å². The van der Waals surface area contributed by atoms with Gasteiger partial charge in [-0.15, -0.1) is 0 Å². The SMILES string of the molecule is CC(=O)OC/C(C)=C/[C@H](C)Nc1ncnc2c1ncn2[C@@H]1O[C@H](COC(C)=O)[C@@H](OC(C)=O)[C@H]1OC(C)=O. The van der Waals surface area contributed by atoms with E-state index in [1.54, 1.807) is 0 Å². The van der Waals surface area contributed by atoms with Gasteiger partial charge in [0.15, 0.2) is 35.4 Å². The second kappa shape index (κ2) is 12.4. The first-order valence-corrected chi connectivity index (χ1v) is 11.8. The zero-order valence-corrected chi connectivity index (χ0v) is 22.0. The van der Waals surface area contributed by atoms with Gasteiger partial charge >= 0.3 is 23.9 Å². The Balaban J connectivity index is 1.92. The molecule has 14 nitrogen and oxygen atoms in total. The third-order valence-electron chi connectivity index (χ3n) is 5.38. The van der Waals surface area contributed by atoms with Crippen molar-refractivity contribution >= 4 is 40.9 Å². The van der Waals surface area contributed by atoms with E-state index in [0.29, 0.717) is 17.0 Å². The van der Waals surface area contributed by atoms with E-state index in [9.17, 15) is 19.2 Å². The molecule has 38 heavy (non-hydrogen) atoms.